The average molecular weight is 350 g/mol. The molecule has 0 aromatic heterocycles. The van der Waals surface area contributed by atoms with E-state index < -0.39 is 0 Å². The second-order valence-electron chi connectivity index (χ2n) is 7.09. The van der Waals surface area contributed by atoms with Gasteiger partial charge in [-0.25, -0.2) is 0 Å². The zero-order valence-corrected chi connectivity index (χ0v) is 15.3. The second kappa shape index (κ2) is 8.65. The Hall–Kier alpha value is -2.62. The van der Waals surface area contributed by atoms with Crippen molar-refractivity contribution in [1.82, 2.24) is 4.90 Å². The summed E-state index contributed by atoms with van der Waals surface area (Å²) < 4.78 is 0. The molecule has 2 aromatic carbocycles. The lowest BCUT2D eigenvalue weighted by atomic mass is 9.98. The van der Waals surface area contributed by atoms with Crippen LogP contribution in [0.25, 0.3) is 0 Å². The van der Waals surface area contributed by atoms with Gasteiger partial charge in [-0.1, -0.05) is 37.3 Å². The molecule has 136 valence electrons. The molecule has 0 unspecified atom stereocenters. The fourth-order valence-corrected chi connectivity index (χ4v) is 3.22. The van der Waals surface area contributed by atoms with Gasteiger partial charge in [0.15, 0.2) is 0 Å². The van der Waals surface area contributed by atoms with Gasteiger partial charge >= 0.3 is 0 Å². The second-order valence-corrected chi connectivity index (χ2v) is 7.09. The molecule has 4 heteroatoms. The molecule has 1 N–H and O–H groups in total. The third kappa shape index (κ3) is 4.94. The van der Waals surface area contributed by atoms with Gasteiger partial charge in [0.25, 0.3) is 5.91 Å². The Kier molecular flexibility index (Phi) is 6.05. The van der Waals surface area contributed by atoms with Crippen molar-refractivity contribution in [3.63, 3.8) is 0 Å². The summed E-state index contributed by atoms with van der Waals surface area (Å²) in [6.07, 6.45) is 3.30. The van der Waals surface area contributed by atoms with Crippen LogP contribution in [0.3, 0.4) is 0 Å². The van der Waals surface area contributed by atoms with E-state index in [1.807, 2.05) is 35.2 Å². The summed E-state index contributed by atoms with van der Waals surface area (Å²) in [5, 5.41) is 2.90. The van der Waals surface area contributed by atoms with E-state index in [0.29, 0.717) is 17.9 Å². The Bertz CT molecular complexity index is 732. The number of hydrogen-bond acceptors (Lipinski definition) is 2. The van der Waals surface area contributed by atoms with E-state index in [0.717, 1.165) is 43.6 Å². The van der Waals surface area contributed by atoms with Crippen molar-refractivity contribution in [3.05, 3.63) is 65.7 Å². The Balaban J connectivity index is 1.51. The van der Waals surface area contributed by atoms with Crippen molar-refractivity contribution in [2.45, 2.75) is 32.6 Å². The van der Waals surface area contributed by atoms with E-state index in [1.54, 1.807) is 24.3 Å². The standard InChI is InChI=1S/C22H26N2O2/c1-17-13-15-24(16-14-17)22(26)19-8-10-20(11-9-19)23-21(25)12-7-18-5-3-2-4-6-18/h2-6,8-11,17H,7,12-16H2,1H3,(H,23,25). The molecule has 1 aliphatic rings. The Morgan fingerprint density at radius 2 is 1.65 bits per heavy atom. The van der Waals surface area contributed by atoms with Crippen LogP contribution in [0.1, 0.15) is 42.1 Å². The smallest absolute Gasteiger partial charge is 0.253 e. The summed E-state index contributed by atoms with van der Waals surface area (Å²) in [4.78, 5) is 26.6. The summed E-state index contributed by atoms with van der Waals surface area (Å²) in [6.45, 7) is 3.90. The van der Waals surface area contributed by atoms with E-state index >= 15 is 0 Å². The first-order valence-corrected chi connectivity index (χ1v) is 9.35. The van der Waals surface area contributed by atoms with Gasteiger partial charge in [0, 0.05) is 30.8 Å². The lowest BCUT2D eigenvalue weighted by Gasteiger charge is -2.30. The van der Waals surface area contributed by atoms with Crippen molar-refractivity contribution in [2.75, 3.05) is 18.4 Å². The van der Waals surface area contributed by atoms with Gasteiger partial charge in [-0.15, -0.1) is 0 Å². The molecule has 1 aliphatic heterocycles. The van der Waals surface area contributed by atoms with Crippen molar-refractivity contribution in [3.8, 4) is 0 Å². The van der Waals surface area contributed by atoms with E-state index in [4.69, 9.17) is 0 Å². The predicted octanol–water partition coefficient (Wildman–Crippen LogP) is 4.13. The minimum absolute atomic E-state index is 0.0158. The number of piperidine rings is 1. The SMILES string of the molecule is CC1CCN(C(=O)c2ccc(NC(=O)CCc3ccccc3)cc2)CC1. The molecule has 0 atom stereocenters. The summed E-state index contributed by atoms with van der Waals surface area (Å²) in [6, 6.07) is 17.2. The summed E-state index contributed by atoms with van der Waals surface area (Å²) in [5.74, 6) is 0.768. The fraction of sp³-hybridized carbons (Fsp3) is 0.364. The lowest BCUT2D eigenvalue weighted by Crippen LogP contribution is -2.37. The third-order valence-electron chi connectivity index (χ3n) is 4.97. The van der Waals surface area contributed by atoms with Crippen molar-refractivity contribution in [1.29, 1.82) is 0 Å². The molecule has 0 spiro atoms. The van der Waals surface area contributed by atoms with Crippen LogP contribution in [0.2, 0.25) is 0 Å². The number of amides is 2. The molecule has 1 heterocycles. The summed E-state index contributed by atoms with van der Waals surface area (Å²) in [7, 11) is 0. The first-order valence-electron chi connectivity index (χ1n) is 9.35. The molecule has 4 nitrogen and oxygen atoms in total. The molecule has 0 saturated carbocycles. The van der Waals surface area contributed by atoms with Crippen molar-refractivity contribution in [2.24, 2.45) is 5.92 Å². The van der Waals surface area contributed by atoms with E-state index in [9.17, 15) is 9.59 Å². The van der Waals surface area contributed by atoms with Gasteiger partial charge < -0.3 is 10.2 Å². The van der Waals surface area contributed by atoms with Gasteiger partial charge in [0.1, 0.15) is 0 Å². The molecule has 0 bridgehead atoms. The number of aryl methyl sites for hydroxylation is 1. The molecule has 0 aliphatic carbocycles. The van der Waals surface area contributed by atoms with E-state index in [-0.39, 0.29) is 11.8 Å². The molecule has 1 fully saturated rings. The highest BCUT2D eigenvalue weighted by Crippen LogP contribution is 2.19. The number of hydrogen-bond donors (Lipinski definition) is 1. The van der Waals surface area contributed by atoms with E-state index in [1.165, 1.54) is 0 Å². The van der Waals surface area contributed by atoms with Gasteiger partial charge in [0.2, 0.25) is 5.91 Å². The highest BCUT2D eigenvalue weighted by Gasteiger charge is 2.21. The first kappa shape index (κ1) is 18.2. The van der Waals surface area contributed by atoms with Crippen molar-refractivity contribution < 1.29 is 9.59 Å². The minimum atomic E-state index is -0.0158. The van der Waals surface area contributed by atoms with Crippen LogP contribution >= 0.6 is 0 Å². The van der Waals surface area contributed by atoms with Crippen LogP contribution in [-0.2, 0) is 11.2 Å². The number of carbonyl (C=O) groups is 2. The number of nitrogens with one attached hydrogen (secondary N) is 1. The van der Waals surface area contributed by atoms with Crippen molar-refractivity contribution >= 4 is 17.5 Å². The number of anilines is 1. The Morgan fingerprint density at radius 3 is 2.31 bits per heavy atom. The highest BCUT2D eigenvalue weighted by molar-refractivity contribution is 5.95. The summed E-state index contributed by atoms with van der Waals surface area (Å²) >= 11 is 0. The molecule has 26 heavy (non-hydrogen) atoms. The van der Waals surface area contributed by atoms with Gasteiger partial charge in [-0.05, 0) is 55.0 Å². The van der Waals surface area contributed by atoms with Crippen LogP contribution < -0.4 is 5.32 Å². The highest BCUT2D eigenvalue weighted by atomic mass is 16.2. The Morgan fingerprint density at radius 1 is 1.00 bits per heavy atom. The number of benzene rings is 2. The third-order valence-corrected chi connectivity index (χ3v) is 4.97. The first-order chi connectivity index (χ1) is 12.6. The quantitative estimate of drug-likeness (QED) is 0.881. The number of likely N-dealkylation sites (tertiary alicyclic amines) is 1. The molecule has 2 amide bonds. The predicted molar refractivity (Wildman–Crippen MR) is 104 cm³/mol. The zero-order chi connectivity index (χ0) is 18.4. The maximum atomic E-state index is 12.5. The molecular formula is C22H26N2O2. The van der Waals surface area contributed by atoms with Crippen LogP contribution in [-0.4, -0.2) is 29.8 Å². The molecule has 2 aromatic rings. The normalized spacial score (nSPS) is 14.9. The van der Waals surface area contributed by atoms with Crippen LogP contribution in [0, 0.1) is 5.92 Å². The van der Waals surface area contributed by atoms with Gasteiger partial charge in [-0.3, -0.25) is 9.59 Å². The number of nitrogens with zero attached hydrogens (tertiary/aromatic N) is 1. The summed E-state index contributed by atoms with van der Waals surface area (Å²) in [5.41, 5.74) is 2.56. The van der Waals surface area contributed by atoms with Crippen LogP contribution in [0.15, 0.2) is 54.6 Å². The molecule has 1 saturated heterocycles. The topological polar surface area (TPSA) is 49.4 Å². The van der Waals surface area contributed by atoms with E-state index in [2.05, 4.69) is 12.2 Å². The number of carbonyl (C=O) groups excluding carboxylic acids is 2. The average Bonchev–Trinajstić information content (AvgIpc) is 2.68. The Labute approximate surface area is 155 Å². The molecule has 3 rings (SSSR count). The zero-order valence-electron chi connectivity index (χ0n) is 15.3. The van der Waals surface area contributed by atoms with Crippen LogP contribution in [0.4, 0.5) is 5.69 Å². The monoisotopic (exact) mass is 350 g/mol. The maximum absolute atomic E-state index is 12.5. The van der Waals surface area contributed by atoms with Gasteiger partial charge in [0.05, 0.1) is 0 Å². The maximum Gasteiger partial charge on any atom is 0.253 e. The molecule has 0 radical (unpaired) electrons. The van der Waals surface area contributed by atoms with Gasteiger partial charge in [-0.2, -0.15) is 0 Å². The fourth-order valence-electron chi connectivity index (χ4n) is 3.22. The van der Waals surface area contributed by atoms with Crippen LogP contribution in [0.5, 0.6) is 0 Å². The number of rotatable bonds is 5. The largest absolute Gasteiger partial charge is 0.339 e. The minimum Gasteiger partial charge on any atom is -0.339 e. The molecular weight excluding hydrogens is 324 g/mol. The lowest BCUT2D eigenvalue weighted by molar-refractivity contribution is -0.116.